The number of nitrogens with zero attached hydrogens (tertiary/aromatic N) is 4. The highest BCUT2D eigenvalue weighted by Crippen LogP contribution is 2.40. The number of anilines is 2. The van der Waals surface area contributed by atoms with Crippen LogP contribution in [0.25, 0.3) is 0 Å². The molecule has 3 heterocycles. The van der Waals surface area contributed by atoms with Crippen LogP contribution in [-0.4, -0.2) is 75.6 Å². The number of para-hydroxylation sites is 2. The number of benzene rings is 2. The highest BCUT2D eigenvalue weighted by Gasteiger charge is 2.52. The van der Waals surface area contributed by atoms with Gasteiger partial charge in [0.1, 0.15) is 0 Å². The number of carboxylic acids is 1. The van der Waals surface area contributed by atoms with E-state index in [2.05, 4.69) is 18.2 Å². The number of carboxylic acid groups (broad SMARTS) is 1. The quantitative estimate of drug-likeness (QED) is 0.531. The van der Waals surface area contributed by atoms with Crippen LogP contribution in [0, 0.1) is 5.92 Å². The van der Waals surface area contributed by atoms with Gasteiger partial charge in [-0.25, -0.2) is 9.59 Å². The number of likely N-dealkylation sites (tertiary alicyclic amines) is 2. The first-order valence-electron chi connectivity index (χ1n) is 14.4. The first-order valence-corrected chi connectivity index (χ1v) is 14.4. The molecular weight excluding hydrogens is 504 g/mol. The molecule has 1 N–H and O–H groups in total. The molecule has 4 aliphatic rings. The molecule has 4 atom stereocenters. The standard InChI is InChI=1S/C32H36N4O4/c37-30(38)20-29-28-17-16-27(36(28)31(39)33-19-18-24(21-33)23-10-4-1-5-11-23)22-34(29)32(40)35(25-12-6-2-7-13-25)26-14-8-3-9-15-26/h1-4,6-10,12-15,24,27-29H,5,11,16-22H2,(H,37,38)/t24?,27-,28+,29+/m0/s1. The Morgan fingerprint density at radius 3 is 2.23 bits per heavy atom. The molecule has 40 heavy (non-hydrogen) atoms. The molecule has 3 fully saturated rings. The fraction of sp³-hybridized carbons (Fsp3) is 0.406. The average molecular weight is 541 g/mol. The summed E-state index contributed by atoms with van der Waals surface area (Å²) in [6.45, 7) is 1.74. The number of hydrogen-bond acceptors (Lipinski definition) is 3. The Kier molecular flexibility index (Phi) is 7.32. The van der Waals surface area contributed by atoms with Crippen LogP contribution in [0.4, 0.5) is 21.0 Å². The van der Waals surface area contributed by atoms with E-state index in [1.54, 1.807) is 9.80 Å². The summed E-state index contributed by atoms with van der Waals surface area (Å²) in [5, 5.41) is 9.90. The minimum Gasteiger partial charge on any atom is -0.481 e. The molecule has 2 aromatic rings. The van der Waals surface area contributed by atoms with E-state index in [4.69, 9.17) is 0 Å². The SMILES string of the molecule is O=C(O)C[C@@H]1[C@H]2CC[C@@H](CN1C(=O)N(c1ccccc1)c1ccccc1)N2C(=O)N1CCC(C2=CC=CCC2)C1. The van der Waals surface area contributed by atoms with Gasteiger partial charge in [-0.1, -0.05) is 60.2 Å². The second kappa shape index (κ2) is 11.2. The van der Waals surface area contributed by atoms with Crippen LogP contribution < -0.4 is 4.90 Å². The number of fused-ring (bicyclic) bond motifs is 2. The van der Waals surface area contributed by atoms with Crippen LogP contribution in [0.15, 0.2) is 84.5 Å². The smallest absolute Gasteiger partial charge is 0.329 e. The average Bonchev–Trinajstić information content (AvgIpc) is 3.60. The summed E-state index contributed by atoms with van der Waals surface area (Å²) in [7, 11) is 0. The lowest BCUT2D eigenvalue weighted by molar-refractivity contribution is -0.139. The lowest BCUT2D eigenvalue weighted by Gasteiger charge is -2.48. The van der Waals surface area contributed by atoms with Gasteiger partial charge in [0, 0.05) is 19.6 Å². The number of amides is 4. The van der Waals surface area contributed by atoms with Gasteiger partial charge in [0.25, 0.3) is 0 Å². The van der Waals surface area contributed by atoms with Crippen LogP contribution in [-0.2, 0) is 4.79 Å². The normalized spacial score (nSPS) is 25.6. The Morgan fingerprint density at radius 1 is 0.900 bits per heavy atom. The number of rotatable bonds is 5. The van der Waals surface area contributed by atoms with Crippen LogP contribution in [0.2, 0.25) is 0 Å². The third-order valence-electron chi connectivity index (χ3n) is 8.90. The summed E-state index contributed by atoms with van der Waals surface area (Å²) in [6.07, 6.45) is 10.8. The highest BCUT2D eigenvalue weighted by molar-refractivity contribution is 6.00. The zero-order valence-electron chi connectivity index (χ0n) is 22.6. The Labute approximate surface area is 235 Å². The molecule has 1 unspecified atom stereocenters. The first kappa shape index (κ1) is 26.2. The van der Waals surface area contributed by atoms with Gasteiger partial charge in [-0.15, -0.1) is 0 Å². The van der Waals surface area contributed by atoms with Crippen molar-refractivity contribution in [1.82, 2.24) is 14.7 Å². The zero-order valence-corrected chi connectivity index (χ0v) is 22.6. The van der Waals surface area contributed by atoms with E-state index in [0.29, 0.717) is 43.3 Å². The largest absolute Gasteiger partial charge is 0.481 e. The van der Waals surface area contributed by atoms with Crippen molar-refractivity contribution in [1.29, 1.82) is 0 Å². The molecule has 8 heteroatoms. The topological polar surface area (TPSA) is 84.4 Å². The summed E-state index contributed by atoms with van der Waals surface area (Å²) in [4.78, 5) is 47.6. The lowest BCUT2D eigenvalue weighted by atomic mass is 9.91. The maximum atomic E-state index is 14.3. The molecule has 208 valence electrons. The van der Waals surface area contributed by atoms with E-state index in [9.17, 15) is 19.5 Å². The Bertz CT molecular complexity index is 1270. The van der Waals surface area contributed by atoms with Gasteiger partial charge in [-0.05, 0) is 62.3 Å². The van der Waals surface area contributed by atoms with Crippen LogP contribution in [0.5, 0.6) is 0 Å². The predicted octanol–water partition coefficient (Wildman–Crippen LogP) is 5.65. The molecule has 3 aliphatic heterocycles. The highest BCUT2D eigenvalue weighted by atomic mass is 16.4. The minimum atomic E-state index is -0.968. The number of piperazine rings is 1. The Morgan fingerprint density at radius 2 is 1.60 bits per heavy atom. The third kappa shape index (κ3) is 4.98. The maximum Gasteiger partial charge on any atom is 0.329 e. The second-order valence-electron chi connectivity index (χ2n) is 11.2. The predicted molar refractivity (Wildman–Crippen MR) is 153 cm³/mol. The molecule has 6 rings (SSSR count). The number of urea groups is 2. The summed E-state index contributed by atoms with van der Waals surface area (Å²) in [5.41, 5.74) is 2.85. The van der Waals surface area contributed by atoms with Crippen molar-refractivity contribution in [2.75, 3.05) is 24.5 Å². The van der Waals surface area contributed by atoms with Crippen LogP contribution >= 0.6 is 0 Å². The molecule has 4 amide bonds. The van der Waals surface area contributed by atoms with Gasteiger partial charge < -0.3 is 19.8 Å². The summed E-state index contributed by atoms with van der Waals surface area (Å²) >= 11 is 0. The number of aliphatic carboxylic acids is 1. The van der Waals surface area contributed by atoms with Gasteiger partial charge in [0.2, 0.25) is 0 Å². The molecule has 8 nitrogen and oxygen atoms in total. The van der Waals surface area contributed by atoms with Gasteiger partial charge in [-0.3, -0.25) is 9.69 Å². The molecule has 3 saturated heterocycles. The minimum absolute atomic E-state index is 0.00702. The molecule has 0 spiro atoms. The van der Waals surface area contributed by atoms with Crippen molar-refractivity contribution >= 4 is 29.4 Å². The van der Waals surface area contributed by atoms with E-state index in [-0.39, 0.29) is 30.6 Å². The fourth-order valence-electron chi connectivity index (χ4n) is 7.00. The summed E-state index contributed by atoms with van der Waals surface area (Å²) < 4.78 is 0. The molecule has 0 aromatic heterocycles. The molecule has 0 radical (unpaired) electrons. The number of hydrogen-bond donors (Lipinski definition) is 1. The summed E-state index contributed by atoms with van der Waals surface area (Å²) in [6, 6.07) is 17.6. The van der Waals surface area contributed by atoms with Crippen molar-refractivity contribution < 1.29 is 19.5 Å². The second-order valence-corrected chi connectivity index (χ2v) is 11.2. The van der Waals surface area contributed by atoms with Gasteiger partial charge in [0.15, 0.2) is 0 Å². The Hall–Kier alpha value is -4.07. The monoisotopic (exact) mass is 540 g/mol. The number of allylic oxidation sites excluding steroid dienone is 3. The molecule has 0 saturated carbocycles. The van der Waals surface area contributed by atoms with E-state index in [0.717, 1.165) is 25.7 Å². The maximum absolute atomic E-state index is 14.3. The fourth-order valence-corrected chi connectivity index (χ4v) is 7.00. The molecule has 2 aromatic carbocycles. The number of carbonyl (C=O) groups is 3. The molecule has 2 bridgehead atoms. The summed E-state index contributed by atoms with van der Waals surface area (Å²) in [5.74, 6) is -0.584. The van der Waals surface area contributed by atoms with E-state index in [1.807, 2.05) is 70.5 Å². The Balaban J connectivity index is 1.26. The van der Waals surface area contributed by atoms with Crippen molar-refractivity contribution in [3.8, 4) is 0 Å². The number of carbonyl (C=O) groups excluding carboxylic acids is 2. The van der Waals surface area contributed by atoms with Crippen molar-refractivity contribution in [3.05, 3.63) is 84.5 Å². The van der Waals surface area contributed by atoms with Gasteiger partial charge >= 0.3 is 18.0 Å². The van der Waals surface area contributed by atoms with Crippen molar-refractivity contribution in [3.63, 3.8) is 0 Å². The van der Waals surface area contributed by atoms with Crippen molar-refractivity contribution in [2.45, 2.75) is 56.7 Å². The third-order valence-corrected chi connectivity index (χ3v) is 8.90. The van der Waals surface area contributed by atoms with Crippen LogP contribution in [0.3, 0.4) is 0 Å². The van der Waals surface area contributed by atoms with Crippen LogP contribution in [0.1, 0.15) is 38.5 Å². The first-order chi connectivity index (χ1) is 19.5. The molecular formula is C32H36N4O4. The van der Waals surface area contributed by atoms with E-state index in [1.165, 1.54) is 5.57 Å². The lowest BCUT2D eigenvalue weighted by Crippen LogP contribution is -2.65. The van der Waals surface area contributed by atoms with Crippen molar-refractivity contribution in [2.24, 2.45) is 5.92 Å². The van der Waals surface area contributed by atoms with Gasteiger partial charge in [-0.2, -0.15) is 0 Å². The van der Waals surface area contributed by atoms with Gasteiger partial charge in [0.05, 0.1) is 35.9 Å². The zero-order chi connectivity index (χ0) is 27.6. The molecule has 1 aliphatic carbocycles. The van der Waals surface area contributed by atoms with E-state index < -0.39 is 12.0 Å². The van der Waals surface area contributed by atoms with E-state index >= 15 is 0 Å².